The van der Waals surface area contributed by atoms with E-state index in [1.165, 1.54) is 0 Å². The number of carbonyl (C=O) groups is 2. The van der Waals surface area contributed by atoms with Crippen LogP contribution in [0.1, 0.15) is 40.1 Å². The Bertz CT molecular complexity index is 1030. The van der Waals surface area contributed by atoms with Gasteiger partial charge in [-0.2, -0.15) is 0 Å². The van der Waals surface area contributed by atoms with Gasteiger partial charge in [0, 0.05) is 26.6 Å². The molecule has 2 aromatic carbocycles. The van der Waals surface area contributed by atoms with Crippen LogP contribution in [0.3, 0.4) is 0 Å². The molecule has 0 aromatic heterocycles. The summed E-state index contributed by atoms with van der Waals surface area (Å²) in [6, 6.07) is 13.4. The summed E-state index contributed by atoms with van der Waals surface area (Å²) < 4.78 is 13.2. The Hall–Kier alpha value is -2.56. The average molecular weight is 397 g/mol. The van der Waals surface area contributed by atoms with Crippen molar-refractivity contribution in [1.29, 1.82) is 0 Å². The second-order valence-electron chi connectivity index (χ2n) is 5.90. The minimum absolute atomic E-state index is 0.226. The molecule has 1 aliphatic rings. The van der Waals surface area contributed by atoms with Crippen molar-refractivity contribution < 1.29 is 13.8 Å². The van der Waals surface area contributed by atoms with Crippen LogP contribution in [-0.4, -0.2) is 16.3 Å². The Kier molecular flexibility index (Phi) is 5.68. The van der Waals surface area contributed by atoms with Crippen LogP contribution < -0.4 is 0 Å². The van der Waals surface area contributed by atoms with E-state index in [-0.39, 0.29) is 5.78 Å². The van der Waals surface area contributed by atoms with Crippen molar-refractivity contribution in [3.63, 3.8) is 0 Å². The van der Waals surface area contributed by atoms with Crippen molar-refractivity contribution in [3.05, 3.63) is 98.4 Å². The van der Waals surface area contributed by atoms with E-state index in [4.69, 9.17) is 11.6 Å². The summed E-state index contributed by atoms with van der Waals surface area (Å²) in [6.45, 7) is 3.63. The maximum Gasteiger partial charge on any atom is 0.194 e. The summed E-state index contributed by atoms with van der Waals surface area (Å²) in [7, 11) is -1.46. The van der Waals surface area contributed by atoms with E-state index in [1.807, 2.05) is 19.9 Å². The largest absolute Gasteiger partial charge is 0.298 e. The summed E-state index contributed by atoms with van der Waals surface area (Å²) in [5, 5.41) is 0.568. The number of halogens is 1. The lowest BCUT2D eigenvalue weighted by molar-refractivity contribution is 0.103. The van der Waals surface area contributed by atoms with Gasteiger partial charge in [-0.3, -0.25) is 9.59 Å². The van der Waals surface area contributed by atoms with Gasteiger partial charge >= 0.3 is 0 Å². The molecule has 1 atom stereocenters. The second kappa shape index (κ2) is 7.99. The molecule has 5 heteroatoms. The second-order valence-corrected chi connectivity index (χ2v) is 7.73. The van der Waals surface area contributed by atoms with Crippen LogP contribution in [0.25, 0.3) is 4.91 Å². The smallest absolute Gasteiger partial charge is 0.194 e. The Morgan fingerprint density at radius 2 is 1.59 bits per heavy atom. The van der Waals surface area contributed by atoms with E-state index >= 15 is 0 Å². The van der Waals surface area contributed by atoms with Gasteiger partial charge in [0.05, 0.1) is 15.7 Å². The van der Waals surface area contributed by atoms with Crippen LogP contribution in [0.5, 0.6) is 0 Å². The number of rotatable bonds is 4. The number of hydrogen-bond donors (Lipinski definition) is 0. The van der Waals surface area contributed by atoms with Gasteiger partial charge in [-0.05, 0) is 37.1 Å². The molecule has 0 saturated carbocycles. The first-order chi connectivity index (χ1) is 13.0. The maximum absolute atomic E-state index is 13.3. The van der Waals surface area contributed by atoms with Crippen molar-refractivity contribution in [2.24, 2.45) is 0 Å². The number of benzene rings is 2. The van der Waals surface area contributed by atoms with Crippen LogP contribution in [0, 0.1) is 0 Å². The van der Waals surface area contributed by atoms with Gasteiger partial charge in [-0.1, -0.05) is 60.2 Å². The third-order valence-electron chi connectivity index (χ3n) is 4.34. The first-order valence-electron chi connectivity index (χ1n) is 8.37. The zero-order valence-electron chi connectivity index (χ0n) is 14.9. The predicted molar refractivity (Wildman–Crippen MR) is 110 cm³/mol. The van der Waals surface area contributed by atoms with Gasteiger partial charge in [0.2, 0.25) is 0 Å². The Labute approximate surface area is 165 Å². The monoisotopic (exact) mass is 396 g/mol. The van der Waals surface area contributed by atoms with Gasteiger partial charge in [0.25, 0.3) is 0 Å². The SMILES string of the molecule is C/C=C1/C(C(=O)c2ccc(C=O)cc2)=C(c2ccc(Cl)cc2)S(=O)/C1=C/C. The summed E-state index contributed by atoms with van der Waals surface area (Å²) in [5.74, 6) is -0.226. The van der Waals surface area contributed by atoms with Crippen LogP contribution in [0.2, 0.25) is 5.02 Å². The first kappa shape index (κ1) is 19.2. The van der Waals surface area contributed by atoms with Gasteiger partial charge in [-0.15, -0.1) is 0 Å². The lowest BCUT2D eigenvalue weighted by Crippen LogP contribution is -2.06. The highest BCUT2D eigenvalue weighted by Gasteiger charge is 2.35. The highest BCUT2D eigenvalue weighted by atomic mass is 35.5. The van der Waals surface area contributed by atoms with E-state index < -0.39 is 10.8 Å². The van der Waals surface area contributed by atoms with Crippen LogP contribution in [0.15, 0.2) is 76.7 Å². The number of hydrogen-bond acceptors (Lipinski definition) is 3. The van der Waals surface area contributed by atoms with Crippen LogP contribution >= 0.6 is 11.6 Å². The number of aldehydes is 1. The van der Waals surface area contributed by atoms with Crippen molar-refractivity contribution in [3.8, 4) is 0 Å². The van der Waals surface area contributed by atoms with Crippen molar-refractivity contribution in [2.75, 3.05) is 0 Å². The number of ketones is 1. The zero-order chi connectivity index (χ0) is 19.6. The fourth-order valence-electron chi connectivity index (χ4n) is 3.03. The topological polar surface area (TPSA) is 51.2 Å². The van der Waals surface area contributed by atoms with Gasteiger partial charge in [0.1, 0.15) is 6.29 Å². The van der Waals surface area contributed by atoms with E-state index in [0.29, 0.717) is 42.7 Å². The van der Waals surface area contributed by atoms with E-state index in [0.717, 1.165) is 6.29 Å². The number of carbonyl (C=O) groups excluding carboxylic acids is 2. The Morgan fingerprint density at radius 3 is 2.11 bits per heavy atom. The molecule has 2 aromatic rings. The van der Waals surface area contributed by atoms with Crippen LogP contribution in [0.4, 0.5) is 0 Å². The maximum atomic E-state index is 13.3. The lowest BCUT2D eigenvalue weighted by atomic mass is 9.93. The van der Waals surface area contributed by atoms with E-state index in [9.17, 15) is 13.8 Å². The number of allylic oxidation sites excluding steroid dienone is 4. The van der Waals surface area contributed by atoms with Gasteiger partial charge in [-0.25, -0.2) is 4.21 Å². The summed E-state index contributed by atoms with van der Waals surface area (Å²) in [6.07, 6.45) is 4.31. The number of Topliss-reactive ketones (excluding diaryl/α,β-unsaturated/α-hetero) is 1. The zero-order valence-corrected chi connectivity index (χ0v) is 16.4. The highest BCUT2D eigenvalue weighted by molar-refractivity contribution is 7.99. The quantitative estimate of drug-likeness (QED) is 0.516. The predicted octanol–water partition coefficient (Wildman–Crippen LogP) is 5.36. The van der Waals surface area contributed by atoms with Crippen LogP contribution in [-0.2, 0) is 10.8 Å². The molecule has 1 unspecified atom stereocenters. The third-order valence-corrected chi connectivity index (χ3v) is 6.26. The fraction of sp³-hybridized carbons (Fsp3) is 0.0909. The molecule has 0 bridgehead atoms. The normalized spacial score (nSPS) is 19.7. The molecule has 0 saturated heterocycles. The Balaban J connectivity index is 2.23. The minimum atomic E-state index is -1.46. The minimum Gasteiger partial charge on any atom is -0.298 e. The summed E-state index contributed by atoms with van der Waals surface area (Å²) in [4.78, 5) is 25.3. The molecule has 0 amide bonds. The molecule has 0 N–H and O–H groups in total. The molecule has 3 rings (SSSR count). The molecule has 0 spiro atoms. The molecule has 27 heavy (non-hydrogen) atoms. The first-order valence-corrected chi connectivity index (χ1v) is 9.89. The molecule has 1 heterocycles. The van der Waals surface area contributed by atoms with Crippen molar-refractivity contribution in [1.82, 2.24) is 0 Å². The molecule has 0 fully saturated rings. The third kappa shape index (κ3) is 3.51. The Morgan fingerprint density at radius 1 is 0.963 bits per heavy atom. The van der Waals surface area contributed by atoms with Crippen molar-refractivity contribution in [2.45, 2.75) is 13.8 Å². The fourth-order valence-corrected chi connectivity index (χ4v) is 4.75. The lowest BCUT2D eigenvalue weighted by Gasteiger charge is -2.08. The molecule has 0 radical (unpaired) electrons. The molecule has 1 aliphatic heterocycles. The molecule has 136 valence electrons. The van der Waals surface area contributed by atoms with E-state index in [1.54, 1.807) is 54.6 Å². The van der Waals surface area contributed by atoms with Crippen molar-refractivity contribution >= 4 is 39.4 Å². The summed E-state index contributed by atoms with van der Waals surface area (Å²) >= 11 is 5.98. The molecule has 0 aliphatic carbocycles. The molecular formula is C22H17ClO3S. The summed E-state index contributed by atoms with van der Waals surface area (Å²) in [5.41, 5.74) is 2.72. The average Bonchev–Trinajstić information content (AvgIpc) is 2.99. The molecular weight excluding hydrogens is 380 g/mol. The standard InChI is InChI=1S/C22H17ClO3S/c1-3-18-19(4-2)27(26)22(16-9-11-17(23)12-10-16)20(18)21(25)15-7-5-14(13-24)6-8-15/h3-13H,1-2H3/b18-3+,19-4+. The van der Waals surface area contributed by atoms with Gasteiger partial charge in [0.15, 0.2) is 5.78 Å². The molecule has 3 nitrogen and oxygen atoms in total. The highest BCUT2D eigenvalue weighted by Crippen LogP contribution is 2.43. The van der Waals surface area contributed by atoms with Gasteiger partial charge < -0.3 is 0 Å². The van der Waals surface area contributed by atoms with E-state index in [2.05, 4.69) is 0 Å².